The largest absolute Gasteiger partial charge is 0.396 e. The second-order valence-corrected chi connectivity index (χ2v) is 16.6. The molecule has 1 saturated carbocycles. The van der Waals surface area contributed by atoms with Gasteiger partial charge in [0.25, 0.3) is 0 Å². The first-order valence-electron chi connectivity index (χ1n) is 22.6. The molecule has 1 fully saturated rings. The zero-order valence-electron chi connectivity index (χ0n) is 36.7. The van der Waals surface area contributed by atoms with Crippen LogP contribution in [0.25, 0.3) is 6.08 Å². The summed E-state index contributed by atoms with van der Waals surface area (Å²) in [5.74, 6) is -0.979. The average molecular weight is 863 g/mol. The maximum Gasteiger partial charge on any atom is 0.247 e. The highest BCUT2D eigenvalue weighted by molar-refractivity contribution is 5.81. The lowest BCUT2D eigenvalue weighted by Crippen LogP contribution is -2.56. The van der Waals surface area contributed by atoms with Gasteiger partial charge in [-0.2, -0.15) is 0 Å². The Morgan fingerprint density at radius 3 is 0.969 bits per heavy atom. The number of nitrogens with zero attached hydrogens (tertiary/aromatic N) is 2. The van der Waals surface area contributed by atoms with Crippen LogP contribution in [0.5, 0.6) is 0 Å². The molecule has 3 N–H and O–H groups in total. The summed E-state index contributed by atoms with van der Waals surface area (Å²) >= 11 is 0. The highest BCUT2D eigenvalue weighted by Gasteiger charge is 2.45. The van der Waals surface area contributed by atoms with Gasteiger partial charge >= 0.3 is 0 Å². The van der Waals surface area contributed by atoms with E-state index < -0.39 is 34.7 Å². The Balaban J connectivity index is 0.000000502. The average Bonchev–Trinajstić information content (AvgIpc) is 3.39. The van der Waals surface area contributed by atoms with Gasteiger partial charge in [0.2, 0.25) is 11.8 Å². The third kappa shape index (κ3) is 10.7. The second kappa shape index (κ2) is 22.6. The lowest BCUT2D eigenvalue weighted by atomic mass is 9.67. The molecule has 7 heteroatoms. The smallest absolute Gasteiger partial charge is 0.247 e. The van der Waals surface area contributed by atoms with Gasteiger partial charge in [0.1, 0.15) is 0 Å². The minimum atomic E-state index is -0.915. The quantitative estimate of drug-likeness (QED) is 0.0541. The van der Waals surface area contributed by atoms with Crippen LogP contribution in [0.4, 0.5) is 0 Å². The van der Waals surface area contributed by atoms with E-state index in [0.717, 1.165) is 62.8 Å². The normalized spacial score (nSPS) is 15.1. The molecule has 7 aromatic rings. The fraction of sp³-hybridized carbons (Fsp3) is 0.207. The number of rotatable bonds is 15. The predicted octanol–water partition coefficient (Wildman–Crippen LogP) is 11.7. The van der Waals surface area contributed by atoms with Crippen LogP contribution in [0, 0.1) is 0 Å². The summed E-state index contributed by atoms with van der Waals surface area (Å²) < 4.78 is 0. The van der Waals surface area contributed by atoms with Crippen molar-refractivity contribution in [2.75, 3.05) is 6.61 Å². The van der Waals surface area contributed by atoms with Crippen LogP contribution in [-0.2, 0) is 20.4 Å². The van der Waals surface area contributed by atoms with Crippen molar-refractivity contribution in [1.29, 1.82) is 0 Å². The number of carbonyl (C=O) groups excluding carboxylic acids is 2. The highest BCUT2D eigenvalue weighted by Crippen LogP contribution is 2.45. The van der Waals surface area contributed by atoms with Crippen molar-refractivity contribution < 1.29 is 25.1 Å². The minimum absolute atomic E-state index is 0.0662. The molecule has 330 valence electrons. The minimum Gasteiger partial charge on any atom is -0.396 e. The van der Waals surface area contributed by atoms with E-state index in [-0.39, 0.29) is 19.4 Å². The molecule has 0 aromatic heterocycles. The number of benzene rings is 7. The monoisotopic (exact) mass is 862 g/mol. The first kappa shape index (κ1) is 46.1. The molecule has 0 heterocycles. The summed E-state index contributed by atoms with van der Waals surface area (Å²) in [5.41, 5.74) is 4.86. The van der Waals surface area contributed by atoms with Gasteiger partial charge in [0.15, 0.2) is 0 Å². The zero-order valence-corrected chi connectivity index (χ0v) is 36.7. The molecular weight excluding hydrogens is 805 g/mol. The molecule has 0 spiro atoms. The standard InChI is InChI=1S/C48H46N2O4.C10H12O/c51-45(35-47(37-21-7-1-8-22-37,38-23-9-2-10-24-38)39-25-11-3-12-26-39)49(53)43-33-19-20-34-44(43)50(54)46(52)36-48(40-27-13-4-14-28-40,41-29-15-5-16-30-41)42-31-17-6-18-32-42;11-9-5-4-8-10-6-2-1-3-7-10/h1-18,21-32,43-44,53-54H,19-20,33-36H2;1-4,6-8,11H,5,9H2/b;8-4+/t43-,44-;/m1./s1. The van der Waals surface area contributed by atoms with Crippen LogP contribution in [0.1, 0.15) is 83.9 Å². The van der Waals surface area contributed by atoms with Crippen molar-refractivity contribution in [3.63, 3.8) is 0 Å². The third-order valence-corrected chi connectivity index (χ3v) is 12.7. The molecule has 2 atom stereocenters. The van der Waals surface area contributed by atoms with Crippen molar-refractivity contribution >= 4 is 17.9 Å². The maximum absolute atomic E-state index is 14.6. The number of amides is 2. The van der Waals surface area contributed by atoms with Crippen molar-refractivity contribution in [1.82, 2.24) is 10.1 Å². The number of aliphatic hydroxyl groups is 1. The van der Waals surface area contributed by atoms with Crippen molar-refractivity contribution in [2.45, 2.75) is 67.9 Å². The lowest BCUT2D eigenvalue weighted by molar-refractivity contribution is -0.214. The number of aliphatic hydroxyl groups excluding tert-OH is 1. The van der Waals surface area contributed by atoms with Gasteiger partial charge < -0.3 is 5.11 Å². The van der Waals surface area contributed by atoms with Gasteiger partial charge in [-0.05, 0) is 58.2 Å². The Bertz CT molecular complexity index is 2180. The van der Waals surface area contributed by atoms with E-state index in [1.165, 1.54) is 5.56 Å². The van der Waals surface area contributed by atoms with Crippen LogP contribution in [0.3, 0.4) is 0 Å². The molecular formula is C58H58N2O5. The van der Waals surface area contributed by atoms with E-state index in [2.05, 4.69) is 0 Å². The predicted molar refractivity (Wildman–Crippen MR) is 258 cm³/mol. The maximum atomic E-state index is 14.6. The van der Waals surface area contributed by atoms with Gasteiger partial charge in [-0.3, -0.25) is 20.0 Å². The van der Waals surface area contributed by atoms with Gasteiger partial charge in [-0.1, -0.05) is 237 Å². The fourth-order valence-electron chi connectivity index (χ4n) is 9.45. The molecule has 65 heavy (non-hydrogen) atoms. The van der Waals surface area contributed by atoms with E-state index in [9.17, 15) is 20.0 Å². The fourth-order valence-corrected chi connectivity index (χ4v) is 9.45. The number of hydrogen-bond acceptors (Lipinski definition) is 5. The molecule has 8 rings (SSSR count). The second-order valence-electron chi connectivity index (χ2n) is 16.6. The Hall–Kier alpha value is -6.90. The topological polar surface area (TPSA) is 101 Å². The summed E-state index contributed by atoms with van der Waals surface area (Å²) in [4.78, 5) is 29.2. The van der Waals surface area contributed by atoms with E-state index in [1.54, 1.807) is 0 Å². The molecule has 7 nitrogen and oxygen atoms in total. The summed E-state index contributed by atoms with van der Waals surface area (Å²) in [6.07, 6.45) is 6.95. The Morgan fingerprint density at radius 2 is 0.708 bits per heavy atom. The van der Waals surface area contributed by atoms with Crippen LogP contribution in [-0.4, -0.2) is 56.2 Å². The van der Waals surface area contributed by atoms with Crippen LogP contribution >= 0.6 is 0 Å². The van der Waals surface area contributed by atoms with E-state index in [1.807, 2.05) is 224 Å². The Labute approximate surface area is 383 Å². The molecule has 2 amide bonds. The Morgan fingerprint density at radius 1 is 0.446 bits per heavy atom. The summed E-state index contributed by atoms with van der Waals surface area (Å²) in [6, 6.07) is 67.9. The molecule has 1 aliphatic rings. The van der Waals surface area contributed by atoms with Crippen molar-refractivity contribution in [3.05, 3.63) is 257 Å². The molecule has 0 saturated heterocycles. The molecule has 0 unspecified atom stereocenters. The van der Waals surface area contributed by atoms with Crippen LogP contribution in [0.15, 0.2) is 218 Å². The molecule has 0 aliphatic heterocycles. The first-order chi connectivity index (χ1) is 31.9. The molecule has 0 radical (unpaired) electrons. The lowest BCUT2D eigenvalue weighted by Gasteiger charge is -2.43. The van der Waals surface area contributed by atoms with Crippen LogP contribution < -0.4 is 0 Å². The third-order valence-electron chi connectivity index (χ3n) is 12.7. The molecule has 0 bridgehead atoms. The summed E-state index contributed by atoms with van der Waals surface area (Å²) in [6.45, 7) is 0.226. The SMILES string of the molecule is O=C(CC(c1ccccc1)(c1ccccc1)c1ccccc1)N(O)[C@@H]1CCCC[C@H]1N(O)C(=O)CC(c1ccccc1)(c1ccccc1)c1ccccc1.OCC/C=C/c1ccccc1. The zero-order chi connectivity index (χ0) is 45.3. The summed E-state index contributed by atoms with van der Waals surface area (Å²) in [5, 5.41) is 34.0. The first-order valence-corrected chi connectivity index (χ1v) is 22.6. The van der Waals surface area contributed by atoms with Gasteiger partial charge in [0, 0.05) is 19.4 Å². The van der Waals surface area contributed by atoms with Crippen molar-refractivity contribution in [3.8, 4) is 0 Å². The summed E-state index contributed by atoms with van der Waals surface area (Å²) in [7, 11) is 0. The van der Waals surface area contributed by atoms with Crippen molar-refractivity contribution in [2.24, 2.45) is 0 Å². The van der Waals surface area contributed by atoms with Gasteiger partial charge in [-0.25, -0.2) is 10.1 Å². The number of carbonyl (C=O) groups is 2. The van der Waals surface area contributed by atoms with E-state index in [0.29, 0.717) is 12.8 Å². The van der Waals surface area contributed by atoms with Gasteiger partial charge in [-0.15, -0.1) is 0 Å². The number of hydroxylamine groups is 4. The molecule has 7 aromatic carbocycles. The Kier molecular flexibility index (Phi) is 16.1. The van der Waals surface area contributed by atoms with E-state index in [4.69, 9.17) is 5.11 Å². The molecule has 1 aliphatic carbocycles. The van der Waals surface area contributed by atoms with Gasteiger partial charge in [0.05, 0.1) is 22.9 Å². The van der Waals surface area contributed by atoms with Crippen LogP contribution in [0.2, 0.25) is 0 Å². The highest BCUT2D eigenvalue weighted by atomic mass is 16.5. The van der Waals surface area contributed by atoms with E-state index >= 15 is 0 Å². The number of hydrogen-bond donors (Lipinski definition) is 3.